The molecule has 0 aliphatic heterocycles. The summed E-state index contributed by atoms with van der Waals surface area (Å²) in [6, 6.07) is 0. The minimum Gasteiger partial charge on any atom is -0.457 e. The number of allylic oxidation sites excluding steroid dienone is 2. The Balaban J connectivity index is 4.08. The number of nitrogens with two attached hydrogens (primary N) is 1. The fraction of sp³-hybridized carbons (Fsp3) is 0.903. The molecule has 0 amide bonds. The van der Waals surface area contributed by atoms with Crippen molar-refractivity contribution in [1.82, 2.24) is 0 Å². The van der Waals surface area contributed by atoms with Gasteiger partial charge in [0.1, 0.15) is 6.10 Å². The molecule has 8 nitrogen and oxygen atoms in total. The predicted molar refractivity (Wildman–Crippen MR) is 164 cm³/mol. The van der Waals surface area contributed by atoms with Crippen molar-refractivity contribution in [3.05, 3.63) is 12.2 Å². The van der Waals surface area contributed by atoms with Gasteiger partial charge >= 0.3 is 13.8 Å². The Labute approximate surface area is 245 Å². The topological polar surface area (TPSA) is 117 Å². The molecule has 40 heavy (non-hydrogen) atoms. The van der Waals surface area contributed by atoms with Gasteiger partial charge in [-0.05, 0) is 38.5 Å². The molecule has 0 aliphatic rings. The van der Waals surface area contributed by atoms with Crippen molar-refractivity contribution in [3.8, 4) is 0 Å². The number of hydrogen-bond acceptors (Lipinski definition) is 7. The second kappa shape index (κ2) is 29.7. The molecule has 0 bridgehead atoms. The van der Waals surface area contributed by atoms with E-state index in [1.807, 2.05) is 0 Å². The average Bonchev–Trinajstić information content (AvgIpc) is 2.94. The van der Waals surface area contributed by atoms with E-state index < -0.39 is 13.9 Å². The number of hydrogen-bond donors (Lipinski definition) is 2. The van der Waals surface area contributed by atoms with Crippen LogP contribution in [0.25, 0.3) is 0 Å². The minimum absolute atomic E-state index is 0.0950. The second-order valence-electron chi connectivity index (χ2n) is 10.7. The first kappa shape index (κ1) is 39.2. The molecule has 0 fully saturated rings. The molecule has 3 N–H and O–H groups in total. The van der Waals surface area contributed by atoms with Gasteiger partial charge in [0.15, 0.2) is 0 Å². The number of ether oxygens (including phenoxy) is 2. The molecule has 0 spiro atoms. The van der Waals surface area contributed by atoms with Gasteiger partial charge in [-0.25, -0.2) is 4.57 Å². The molecule has 0 heterocycles. The molecule has 0 aromatic heterocycles. The highest BCUT2D eigenvalue weighted by molar-refractivity contribution is 7.47. The van der Waals surface area contributed by atoms with Crippen molar-refractivity contribution in [2.24, 2.45) is 5.73 Å². The highest BCUT2D eigenvalue weighted by Crippen LogP contribution is 2.43. The Bertz CT molecular complexity index is 633. The van der Waals surface area contributed by atoms with Crippen LogP contribution in [0, 0.1) is 0 Å². The van der Waals surface area contributed by atoms with Gasteiger partial charge in [0.05, 0.1) is 19.8 Å². The van der Waals surface area contributed by atoms with Crippen molar-refractivity contribution in [2.45, 2.75) is 148 Å². The average molecular weight is 592 g/mol. The summed E-state index contributed by atoms with van der Waals surface area (Å²) in [5.74, 6) is -0.343. The summed E-state index contributed by atoms with van der Waals surface area (Å²) in [6.07, 6.45) is 26.6. The number of rotatable bonds is 31. The monoisotopic (exact) mass is 591 g/mol. The fourth-order valence-electron chi connectivity index (χ4n) is 4.28. The Morgan fingerprint density at radius 3 is 1.82 bits per heavy atom. The van der Waals surface area contributed by atoms with Gasteiger partial charge in [-0.15, -0.1) is 0 Å². The van der Waals surface area contributed by atoms with Crippen molar-refractivity contribution in [1.29, 1.82) is 0 Å². The third-order valence-corrected chi connectivity index (χ3v) is 7.67. The predicted octanol–water partition coefficient (Wildman–Crippen LogP) is 8.41. The van der Waals surface area contributed by atoms with Crippen molar-refractivity contribution in [2.75, 3.05) is 33.0 Å². The van der Waals surface area contributed by atoms with Gasteiger partial charge in [0, 0.05) is 19.6 Å². The molecule has 0 saturated carbocycles. The summed E-state index contributed by atoms with van der Waals surface area (Å²) in [7, 11) is -4.25. The second-order valence-corrected chi connectivity index (χ2v) is 12.1. The van der Waals surface area contributed by atoms with E-state index in [4.69, 9.17) is 24.3 Å². The number of carbonyl (C=O) groups excluding carboxylic acids is 1. The highest BCUT2D eigenvalue weighted by atomic mass is 31.2. The van der Waals surface area contributed by atoms with E-state index in [0.717, 1.165) is 44.9 Å². The third-order valence-electron chi connectivity index (χ3n) is 6.68. The summed E-state index contributed by atoms with van der Waals surface area (Å²) in [5, 5.41) is 0. The van der Waals surface area contributed by atoms with E-state index in [9.17, 15) is 14.3 Å². The van der Waals surface area contributed by atoms with Gasteiger partial charge in [-0.3, -0.25) is 13.8 Å². The highest BCUT2D eigenvalue weighted by Gasteiger charge is 2.25. The standard InChI is InChI=1S/C31H62NO7P/c1-3-5-7-9-11-12-13-14-15-16-17-18-19-20-22-24-31(33)39-30(29-38-40(34,35)37-27-25-32)28-36-26-23-21-10-8-6-4-2/h14-15,30H,3-13,16-29,32H2,1-2H3,(H,34,35)/b15-14-. The lowest BCUT2D eigenvalue weighted by Gasteiger charge is -2.20. The quantitative estimate of drug-likeness (QED) is 0.0357. The SMILES string of the molecule is CCCCCCCC/C=C\CCCCCCCC(=O)OC(COCCCCCCCC)COP(=O)(O)OCCN. The molecule has 0 radical (unpaired) electrons. The Morgan fingerprint density at radius 2 is 1.25 bits per heavy atom. The number of carbonyl (C=O) groups is 1. The zero-order chi connectivity index (χ0) is 29.6. The molecule has 0 aliphatic carbocycles. The van der Waals surface area contributed by atoms with Gasteiger partial charge in [0.2, 0.25) is 0 Å². The summed E-state index contributed by atoms with van der Waals surface area (Å²) in [6.45, 7) is 4.84. The Kier molecular flexibility index (Phi) is 29.2. The molecular formula is C31H62NO7P. The van der Waals surface area contributed by atoms with Crippen LogP contribution in [-0.2, 0) is 27.9 Å². The zero-order valence-electron chi connectivity index (χ0n) is 25.8. The maximum absolute atomic E-state index is 12.4. The molecule has 2 unspecified atom stereocenters. The van der Waals surface area contributed by atoms with E-state index >= 15 is 0 Å². The first-order valence-electron chi connectivity index (χ1n) is 16.2. The molecule has 238 valence electrons. The molecule has 9 heteroatoms. The van der Waals surface area contributed by atoms with Crippen LogP contribution >= 0.6 is 7.82 Å². The molecular weight excluding hydrogens is 529 g/mol. The molecule has 0 saturated heterocycles. The smallest absolute Gasteiger partial charge is 0.457 e. The summed E-state index contributed by atoms with van der Waals surface area (Å²) >= 11 is 0. The molecule has 0 aromatic rings. The molecule has 0 aromatic carbocycles. The first-order valence-corrected chi connectivity index (χ1v) is 17.7. The van der Waals surface area contributed by atoms with Crippen LogP contribution in [0.5, 0.6) is 0 Å². The van der Waals surface area contributed by atoms with E-state index in [1.54, 1.807) is 0 Å². The van der Waals surface area contributed by atoms with Crippen LogP contribution < -0.4 is 5.73 Å². The third kappa shape index (κ3) is 28.8. The maximum Gasteiger partial charge on any atom is 0.472 e. The normalized spacial score (nSPS) is 14.0. The van der Waals surface area contributed by atoms with Crippen LogP contribution in [0.4, 0.5) is 0 Å². The number of phosphoric ester groups is 1. The van der Waals surface area contributed by atoms with Crippen molar-refractivity contribution < 1.29 is 32.8 Å². The van der Waals surface area contributed by atoms with Gasteiger partial charge in [-0.1, -0.05) is 109 Å². The zero-order valence-corrected chi connectivity index (χ0v) is 26.7. The lowest BCUT2D eigenvalue weighted by molar-refractivity contribution is -0.154. The number of esters is 1. The van der Waals surface area contributed by atoms with E-state index in [-0.39, 0.29) is 32.3 Å². The van der Waals surface area contributed by atoms with E-state index in [1.165, 1.54) is 77.0 Å². The summed E-state index contributed by atoms with van der Waals surface area (Å²) in [4.78, 5) is 22.2. The number of phosphoric acid groups is 1. The lowest BCUT2D eigenvalue weighted by atomic mass is 10.1. The van der Waals surface area contributed by atoms with Crippen LogP contribution in [0.2, 0.25) is 0 Å². The van der Waals surface area contributed by atoms with Crippen LogP contribution in [0.15, 0.2) is 12.2 Å². The maximum atomic E-state index is 12.4. The lowest BCUT2D eigenvalue weighted by Crippen LogP contribution is -2.28. The Hall–Kier alpha value is -0.760. The van der Waals surface area contributed by atoms with E-state index in [0.29, 0.717) is 13.0 Å². The van der Waals surface area contributed by atoms with Gasteiger partial charge < -0.3 is 20.1 Å². The fourth-order valence-corrected chi connectivity index (χ4v) is 5.05. The van der Waals surface area contributed by atoms with Crippen LogP contribution in [0.1, 0.15) is 142 Å². The van der Waals surface area contributed by atoms with Crippen LogP contribution in [-0.4, -0.2) is 49.9 Å². The first-order chi connectivity index (χ1) is 19.4. The Morgan fingerprint density at radius 1 is 0.725 bits per heavy atom. The van der Waals surface area contributed by atoms with Crippen molar-refractivity contribution in [3.63, 3.8) is 0 Å². The van der Waals surface area contributed by atoms with Crippen molar-refractivity contribution >= 4 is 13.8 Å². The number of unbranched alkanes of at least 4 members (excludes halogenated alkanes) is 16. The summed E-state index contributed by atoms with van der Waals surface area (Å²) < 4.78 is 32.9. The van der Waals surface area contributed by atoms with Gasteiger partial charge in [-0.2, -0.15) is 0 Å². The summed E-state index contributed by atoms with van der Waals surface area (Å²) in [5.41, 5.74) is 5.31. The minimum atomic E-state index is -4.25. The van der Waals surface area contributed by atoms with E-state index in [2.05, 4.69) is 26.0 Å². The molecule has 0 rings (SSSR count). The van der Waals surface area contributed by atoms with Gasteiger partial charge in [0.25, 0.3) is 0 Å². The van der Waals surface area contributed by atoms with Crippen LogP contribution in [0.3, 0.4) is 0 Å². The molecule has 2 atom stereocenters. The largest absolute Gasteiger partial charge is 0.472 e.